The van der Waals surface area contributed by atoms with Crippen LogP contribution in [0, 0.1) is 5.92 Å². The van der Waals surface area contributed by atoms with Crippen molar-refractivity contribution in [3.8, 4) is 17.0 Å². The second-order valence-electron chi connectivity index (χ2n) is 6.04. The van der Waals surface area contributed by atoms with Crippen LogP contribution in [0.3, 0.4) is 0 Å². The molecule has 4 nitrogen and oxygen atoms in total. The van der Waals surface area contributed by atoms with E-state index in [1.165, 1.54) is 25.9 Å². The molecular formula is C17H23N3O. The molecule has 1 fully saturated rings. The second kappa shape index (κ2) is 6.31. The van der Waals surface area contributed by atoms with Crippen molar-refractivity contribution >= 4 is 0 Å². The van der Waals surface area contributed by atoms with Gasteiger partial charge in [-0.05, 0) is 30.9 Å². The Bertz CT molecular complexity index is 579. The Morgan fingerprint density at radius 3 is 2.81 bits per heavy atom. The van der Waals surface area contributed by atoms with Gasteiger partial charge in [-0.15, -0.1) is 5.10 Å². The molecule has 4 heteroatoms. The van der Waals surface area contributed by atoms with E-state index < -0.39 is 0 Å². The average Bonchev–Trinajstić information content (AvgIpc) is 2.87. The molecule has 0 radical (unpaired) electrons. The fourth-order valence-electron chi connectivity index (χ4n) is 3.08. The first-order valence-electron chi connectivity index (χ1n) is 7.76. The molecule has 3 rings (SSSR count). The molecule has 0 spiro atoms. The van der Waals surface area contributed by atoms with E-state index in [9.17, 15) is 5.11 Å². The van der Waals surface area contributed by atoms with E-state index in [1.807, 2.05) is 41.2 Å². The van der Waals surface area contributed by atoms with Crippen molar-refractivity contribution in [3.05, 3.63) is 36.5 Å². The first-order valence-corrected chi connectivity index (χ1v) is 7.76. The quantitative estimate of drug-likeness (QED) is 0.939. The molecule has 1 aliphatic heterocycles. The highest BCUT2D eigenvalue weighted by Crippen LogP contribution is 2.27. The minimum absolute atomic E-state index is 0.119. The second-order valence-corrected chi connectivity index (χ2v) is 6.04. The van der Waals surface area contributed by atoms with Crippen molar-refractivity contribution in [1.82, 2.24) is 14.7 Å². The van der Waals surface area contributed by atoms with Gasteiger partial charge in [0.15, 0.2) is 0 Å². The highest BCUT2D eigenvalue weighted by Gasteiger charge is 2.16. The molecule has 1 atom stereocenters. The number of nitrogens with zero attached hydrogens (tertiary/aromatic N) is 3. The Balaban J connectivity index is 1.64. The summed E-state index contributed by atoms with van der Waals surface area (Å²) in [5.74, 6) is 0.915. The molecule has 0 bridgehead atoms. The number of rotatable bonds is 4. The largest absolute Gasteiger partial charge is 0.492 e. The van der Waals surface area contributed by atoms with Gasteiger partial charge in [0.05, 0.1) is 12.1 Å². The number of hydrogen-bond acceptors (Lipinski definition) is 3. The molecule has 21 heavy (non-hydrogen) atoms. The summed E-state index contributed by atoms with van der Waals surface area (Å²) >= 11 is 0. The fourth-order valence-corrected chi connectivity index (χ4v) is 3.08. The lowest BCUT2D eigenvalue weighted by Crippen LogP contribution is -2.36. The third kappa shape index (κ3) is 3.45. The lowest BCUT2D eigenvalue weighted by molar-refractivity contribution is 0.176. The molecule has 0 saturated carbocycles. The maximum absolute atomic E-state index is 10.0. The van der Waals surface area contributed by atoms with Crippen LogP contribution in [0.2, 0.25) is 0 Å². The molecule has 1 aliphatic rings. The van der Waals surface area contributed by atoms with Crippen molar-refractivity contribution < 1.29 is 5.11 Å². The Labute approximate surface area is 126 Å². The predicted molar refractivity (Wildman–Crippen MR) is 84.2 cm³/mol. The summed E-state index contributed by atoms with van der Waals surface area (Å²) in [7, 11) is 0. The van der Waals surface area contributed by atoms with Gasteiger partial charge in [-0.2, -0.15) is 0 Å². The van der Waals surface area contributed by atoms with Crippen LogP contribution in [-0.2, 0) is 6.54 Å². The molecule has 1 unspecified atom stereocenters. The summed E-state index contributed by atoms with van der Waals surface area (Å²) in [6.07, 6.45) is 4.58. The van der Waals surface area contributed by atoms with E-state index in [2.05, 4.69) is 16.9 Å². The molecule has 1 aromatic carbocycles. The molecule has 112 valence electrons. The SMILES string of the molecule is CC1CCCN(CCn2cc(-c3ccccc3)c(O)n2)C1. The van der Waals surface area contributed by atoms with E-state index >= 15 is 0 Å². The van der Waals surface area contributed by atoms with Crippen LogP contribution in [0.25, 0.3) is 11.1 Å². The highest BCUT2D eigenvalue weighted by atomic mass is 16.3. The lowest BCUT2D eigenvalue weighted by Gasteiger charge is -2.30. The predicted octanol–water partition coefficient (Wildman–Crippen LogP) is 2.99. The van der Waals surface area contributed by atoms with Crippen molar-refractivity contribution in [2.75, 3.05) is 19.6 Å². The van der Waals surface area contributed by atoms with Crippen molar-refractivity contribution in [1.29, 1.82) is 0 Å². The summed E-state index contributed by atoms with van der Waals surface area (Å²) in [4.78, 5) is 2.50. The number of aromatic nitrogens is 2. The van der Waals surface area contributed by atoms with E-state index in [1.54, 1.807) is 0 Å². The van der Waals surface area contributed by atoms with Gasteiger partial charge < -0.3 is 10.0 Å². The monoisotopic (exact) mass is 285 g/mol. The molecule has 1 aromatic heterocycles. The lowest BCUT2D eigenvalue weighted by atomic mass is 10.0. The number of benzene rings is 1. The van der Waals surface area contributed by atoms with Gasteiger partial charge in [-0.25, -0.2) is 0 Å². The minimum Gasteiger partial charge on any atom is -0.492 e. The Hall–Kier alpha value is -1.81. The molecular weight excluding hydrogens is 262 g/mol. The number of piperidine rings is 1. The Morgan fingerprint density at radius 2 is 2.05 bits per heavy atom. The Morgan fingerprint density at radius 1 is 1.24 bits per heavy atom. The molecule has 2 heterocycles. The van der Waals surface area contributed by atoms with Crippen LogP contribution < -0.4 is 0 Å². The minimum atomic E-state index is 0.119. The fraction of sp³-hybridized carbons (Fsp3) is 0.471. The maximum Gasteiger partial charge on any atom is 0.238 e. The third-order valence-electron chi connectivity index (χ3n) is 4.21. The van der Waals surface area contributed by atoms with Crippen LogP contribution in [0.5, 0.6) is 5.88 Å². The van der Waals surface area contributed by atoms with Crippen molar-refractivity contribution in [2.45, 2.75) is 26.3 Å². The van der Waals surface area contributed by atoms with Gasteiger partial charge in [0.2, 0.25) is 5.88 Å². The van der Waals surface area contributed by atoms with Crippen LogP contribution >= 0.6 is 0 Å². The van der Waals surface area contributed by atoms with E-state index in [0.717, 1.165) is 30.1 Å². The Kier molecular flexibility index (Phi) is 4.25. The summed E-state index contributed by atoms with van der Waals surface area (Å²) in [5, 5.41) is 14.3. The maximum atomic E-state index is 10.0. The number of likely N-dealkylation sites (tertiary alicyclic amines) is 1. The van der Waals surface area contributed by atoms with E-state index in [4.69, 9.17) is 0 Å². The number of hydrogen-bond donors (Lipinski definition) is 1. The van der Waals surface area contributed by atoms with E-state index in [-0.39, 0.29) is 5.88 Å². The topological polar surface area (TPSA) is 41.3 Å². The van der Waals surface area contributed by atoms with Crippen molar-refractivity contribution in [3.63, 3.8) is 0 Å². The molecule has 1 saturated heterocycles. The zero-order chi connectivity index (χ0) is 14.7. The number of aromatic hydroxyl groups is 1. The van der Waals surface area contributed by atoms with Crippen LogP contribution in [0.15, 0.2) is 36.5 Å². The zero-order valence-corrected chi connectivity index (χ0v) is 12.6. The standard InChI is InChI=1S/C17H23N3O/c1-14-6-5-9-19(12-14)10-11-20-13-16(17(21)18-20)15-7-3-2-4-8-15/h2-4,7-8,13-14H,5-6,9-12H2,1H3,(H,18,21). The normalized spacial score (nSPS) is 19.8. The molecule has 0 amide bonds. The summed E-state index contributed by atoms with van der Waals surface area (Å²) in [6, 6.07) is 9.91. The molecule has 1 N–H and O–H groups in total. The van der Waals surface area contributed by atoms with Crippen molar-refractivity contribution in [2.24, 2.45) is 5.92 Å². The summed E-state index contributed by atoms with van der Waals surface area (Å²) < 4.78 is 1.86. The third-order valence-corrected chi connectivity index (χ3v) is 4.21. The van der Waals surface area contributed by atoms with Gasteiger partial charge >= 0.3 is 0 Å². The first kappa shape index (κ1) is 14.1. The van der Waals surface area contributed by atoms with Crippen LogP contribution in [-0.4, -0.2) is 39.4 Å². The van der Waals surface area contributed by atoms with Gasteiger partial charge in [0.25, 0.3) is 0 Å². The van der Waals surface area contributed by atoms with Gasteiger partial charge in [-0.3, -0.25) is 4.68 Å². The van der Waals surface area contributed by atoms with Gasteiger partial charge in [0, 0.05) is 19.3 Å². The summed E-state index contributed by atoms with van der Waals surface area (Å²) in [6.45, 7) is 6.51. The zero-order valence-electron chi connectivity index (χ0n) is 12.6. The highest BCUT2D eigenvalue weighted by molar-refractivity contribution is 5.67. The van der Waals surface area contributed by atoms with Crippen LogP contribution in [0.1, 0.15) is 19.8 Å². The molecule has 2 aromatic rings. The van der Waals surface area contributed by atoms with Crippen LogP contribution in [0.4, 0.5) is 0 Å². The average molecular weight is 285 g/mol. The summed E-state index contributed by atoms with van der Waals surface area (Å²) in [5.41, 5.74) is 1.82. The molecule has 0 aliphatic carbocycles. The van der Waals surface area contributed by atoms with E-state index in [0.29, 0.717) is 0 Å². The van der Waals surface area contributed by atoms with Gasteiger partial charge in [-0.1, -0.05) is 37.3 Å². The first-order chi connectivity index (χ1) is 10.2. The smallest absolute Gasteiger partial charge is 0.238 e. The van der Waals surface area contributed by atoms with Gasteiger partial charge in [0.1, 0.15) is 0 Å².